The number of hydrogen-bond donors (Lipinski definition) is 2. The van der Waals surface area contributed by atoms with E-state index >= 15 is 0 Å². The normalized spacial score (nSPS) is 22.0. The Morgan fingerprint density at radius 2 is 1.88 bits per heavy atom. The number of likely N-dealkylation sites (tertiary alicyclic amines) is 1. The Morgan fingerprint density at radius 3 is 2.52 bits per heavy atom. The lowest BCUT2D eigenvalue weighted by Gasteiger charge is -2.24. The molecule has 0 radical (unpaired) electrons. The zero-order valence-electron chi connectivity index (χ0n) is 15.2. The van der Waals surface area contributed by atoms with Crippen molar-refractivity contribution in [1.82, 2.24) is 15.5 Å². The molecule has 1 heterocycles. The van der Waals surface area contributed by atoms with Gasteiger partial charge in [0.25, 0.3) is 0 Å². The Morgan fingerprint density at radius 1 is 1.16 bits per heavy atom. The molecule has 1 aliphatic carbocycles. The minimum absolute atomic E-state index is 0.0562. The van der Waals surface area contributed by atoms with Gasteiger partial charge in [-0.1, -0.05) is 44.2 Å². The maximum atomic E-state index is 12.7. The van der Waals surface area contributed by atoms with Crippen molar-refractivity contribution in [2.75, 3.05) is 13.1 Å². The molecule has 3 rings (SSSR count). The summed E-state index contributed by atoms with van der Waals surface area (Å²) in [5.41, 5.74) is 0.957. The number of rotatable bonds is 7. The maximum absolute atomic E-state index is 12.7. The van der Waals surface area contributed by atoms with Crippen LogP contribution < -0.4 is 10.6 Å². The summed E-state index contributed by atoms with van der Waals surface area (Å²) >= 11 is 0. The molecule has 0 spiro atoms. The number of nitrogens with zero attached hydrogens (tertiary/aromatic N) is 1. The summed E-state index contributed by atoms with van der Waals surface area (Å²) in [6.07, 6.45) is 3.90. The highest BCUT2D eigenvalue weighted by molar-refractivity contribution is 5.88. The van der Waals surface area contributed by atoms with E-state index in [9.17, 15) is 9.59 Å². The fraction of sp³-hybridized carbons (Fsp3) is 0.600. The molecule has 0 aromatic heterocycles. The number of amides is 2. The first-order valence-corrected chi connectivity index (χ1v) is 9.40. The molecule has 2 amide bonds. The second-order valence-electron chi connectivity index (χ2n) is 7.67. The number of carbonyl (C=O) groups excluding carboxylic acids is 2. The molecule has 2 N–H and O–H groups in total. The molecular formula is C20H29N3O2. The van der Waals surface area contributed by atoms with Gasteiger partial charge in [0, 0.05) is 25.2 Å². The van der Waals surface area contributed by atoms with E-state index in [4.69, 9.17) is 0 Å². The third-order valence-electron chi connectivity index (χ3n) is 5.10. The number of hydrogen-bond acceptors (Lipinski definition) is 3. The minimum atomic E-state index is -0.480. The average Bonchev–Trinajstić information content (AvgIpc) is 3.33. The van der Waals surface area contributed by atoms with Gasteiger partial charge in [0.1, 0.15) is 6.04 Å². The quantitative estimate of drug-likeness (QED) is 0.792. The predicted molar refractivity (Wildman–Crippen MR) is 98.1 cm³/mol. The van der Waals surface area contributed by atoms with Gasteiger partial charge in [0.15, 0.2) is 0 Å². The molecule has 1 aromatic rings. The molecule has 0 bridgehead atoms. The van der Waals surface area contributed by atoms with E-state index in [1.807, 2.05) is 44.2 Å². The lowest BCUT2D eigenvalue weighted by molar-refractivity contribution is -0.130. The SMILES string of the molecule is CC(C)[C@H](NC(=O)Cc1ccccc1)C(=O)N[C@H]1CCN(C2CC2)C1. The van der Waals surface area contributed by atoms with Crippen LogP contribution in [0.2, 0.25) is 0 Å². The first-order chi connectivity index (χ1) is 12.0. The van der Waals surface area contributed by atoms with Crippen LogP contribution in [0.25, 0.3) is 0 Å². The summed E-state index contributed by atoms with van der Waals surface area (Å²) in [6.45, 7) is 5.96. The van der Waals surface area contributed by atoms with Crippen molar-refractivity contribution in [2.45, 2.75) is 57.7 Å². The number of benzene rings is 1. The Labute approximate surface area is 150 Å². The number of nitrogens with one attached hydrogen (secondary N) is 2. The van der Waals surface area contributed by atoms with E-state index in [0.717, 1.165) is 31.1 Å². The maximum Gasteiger partial charge on any atom is 0.243 e. The second-order valence-corrected chi connectivity index (χ2v) is 7.67. The van der Waals surface area contributed by atoms with E-state index in [0.29, 0.717) is 6.42 Å². The van der Waals surface area contributed by atoms with Crippen LogP contribution in [0.1, 0.15) is 38.7 Å². The Bertz CT molecular complexity index is 598. The van der Waals surface area contributed by atoms with Gasteiger partial charge in [-0.15, -0.1) is 0 Å². The lowest BCUT2D eigenvalue weighted by atomic mass is 10.0. The summed E-state index contributed by atoms with van der Waals surface area (Å²) < 4.78 is 0. The third kappa shape index (κ3) is 5.05. The Balaban J connectivity index is 1.51. The van der Waals surface area contributed by atoms with Gasteiger partial charge in [0.2, 0.25) is 11.8 Å². The summed E-state index contributed by atoms with van der Waals surface area (Å²) in [5.74, 6) is -0.106. The fourth-order valence-corrected chi connectivity index (χ4v) is 3.51. The van der Waals surface area contributed by atoms with E-state index < -0.39 is 6.04 Å². The molecule has 2 fully saturated rings. The monoisotopic (exact) mass is 343 g/mol. The van der Waals surface area contributed by atoms with Gasteiger partial charge in [-0.05, 0) is 30.7 Å². The van der Waals surface area contributed by atoms with Crippen LogP contribution in [0, 0.1) is 5.92 Å². The minimum Gasteiger partial charge on any atom is -0.350 e. The summed E-state index contributed by atoms with van der Waals surface area (Å²) in [6, 6.07) is 10.1. The first-order valence-electron chi connectivity index (χ1n) is 9.40. The molecule has 5 nitrogen and oxygen atoms in total. The molecular weight excluding hydrogens is 314 g/mol. The van der Waals surface area contributed by atoms with Crippen LogP contribution >= 0.6 is 0 Å². The van der Waals surface area contributed by atoms with Gasteiger partial charge in [-0.3, -0.25) is 14.5 Å². The predicted octanol–water partition coefficient (Wildman–Crippen LogP) is 1.72. The highest BCUT2D eigenvalue weighted by Crippen LogP contribution is 2.29. The summed E-state index contributed by atoms with van der Waals surface area (Å²) in [5, 5.41) is 6.07. The topological polar surface area (TPSA) is 61.4 Å². The Hall–Kier alpha value is -1.88. The lowest BCUT2D eigenvalue weighted by Crippen LogP contribution is -2.52. The van der Waals surface area contributed by atoms with Gasteiger partial charge >= 0.3 is 0 Å². The van der Waals surface area contributed by atoms with Gasteiger partial charge in [0.05, 0.1) is 6.42 Å². The smallest absolute Gasteiger partial charge is 0.243 e. The van der Waals surface area contributed by atoms with Crippen molar-refractivity contribution in [3.63, 3.8) is 0 Å². The summed E-state index contributed by atoms with van der Waals surface area (Å²) in [7, 11) is 0. The van der Waals surface area contributed by atoms with E-state index in [-0.39, 0.29) is 23.8 Å². The zero-order chi connectivity index (χ0) is 17.8. The van der Waals surface area contributed by atoms with Crippen molar-refractivity contribution in [3.8, 4) is 0 Å². The van der Waals surface area contributed by atoms with Crippen molar-refractivity contribution in [2.24, 2.45) is 5.92 Å². The highest BCUT2D eigenvalue weighted by Gasteiger charge is 2.35. The zero-order valence-corrected chi connectivity index (χ0v) is 15.2. The highest BCUT2D eigenvalue weighted by atomic mass is 16.2. The van der Waals surface area contributed by atoms with E-state index in [1.165, 1.54) is 12.8 Å². The molecule has 136 valence electrons. The molecule has 2 atom stereocenters. The molecule has 1 aliphatic heterocycles. The van der Waals surface area contributed by atoms with Crippen LogP contribution in [0.15, 0.2) is 30.3 Å². The van der Waals surface area contributed by atoms with Crippen LogP contribution in [-0.4, -0.2) is 47.9 Å². The molecule has 5 heteroatoms. The van der Waals surface area contributed by atoms with Gasteiger partial charge in [-0.25, -0.2) is 0 Å². The standard InChI is InChI=1S/C20H29N3O2/c1-14(2)19(22-18(24)12-15-6-4-3-5-7-15)20(25)21-16-10-11-23(13-16)17-8-9-17/h3-7,14,16-17,19H,8-13H2,1-2H3,(H,21,25)(H,22,24)/t16-,19-/m0/s1. The largest absolute Gasteiger partial charge is 0.350 e. The summed E-state index contributed by atoms with van der Waals surface area (Å²) in [4.78, 5) is 27.5. The van der Waals surface area contributed by atoms with Crippen LogP contribution in [0.3, 0.4) is 0 Å². The van der Waals surface area contributed by atoms with Crippen LogP contribution in [0.4, 0.5) is 0 Å². The van der Waals surface area contributed by atoms with Gasteiger partial charge in [-0.2, -0.15) is 0 Å². The molecule has 25 heavy (non-hydrogen) atoms. The molecule has 1 aromatic carbocycles. The van der Waals surface area contributed by atoms with Crippen molar-refractivity contribution < 1.29 is 9.59 Å². The third-order valence-corrected chi connectivity index (χ3v) is 5.10. The van der Waals surface area contributed by atoms with Crippen molar-refractivity contribution in [3.05, 3.63) is 35.9 Å². The Kier molecular flexibility index (Phi) is 5.74. The number of carbonyl (C=O) groups is 2. The van der Waals surface area contributed by atoms with Crippen molar-refractivity contribution in [1.29, 1.82) is 0 Å². The van der Waals surface area contributed by atoms with Gasteiger partial charge < -0.3 is 10.6 Å². The second kappa shape index (κ2) is 8.00. The van der Waals surface area contributed by atoms with Crippen LogP contribution in [0.5, 0.6) is 0 Å². The molecule has 0 unspecified atom stereocenters. The fourth-order valence-electron chi connectivity index (χ4n) is 3.51. The van der Waals surface area contributed by atoms with E-state index in [2.05, 4.69) is 15.5 Å². The van der Waals surface area contributed by atoms with Crippen molar-refractivity contribution >= 4 is 11.8 Å². The molecule has 1 saturated carbocycles. The molecule has 1 saturated heterocycles. The van der Waals surface area contributed by atoms with E-state index in [1.54, 1.807) is 0 Å². The van der Waals surface area contributed by atoms with Crippen LogP contribution in [-0.2, 0) is 16.0 Å². The first kappa shape index (κ1) is 17.9. The molecule has 2 aliphatic rings. The average molecular weight is 343 g/mol.